The Morgan fingerprint density at radius 2 is 2.47 bits per heavy atom. The van der Waals surface area contributed by atoms with Crippen LogP contribution in [0, 0.1) is 0 Å². The van der Waals surface area contributed by atoms with E-state index in [9.17, 15) is 0 Å². The van der Waals surface area contributed by atoms with Crippen molar-refractivity contribution in [3.05, 3.63) is 10.2 Å². The van der Waals surface area contributed by atoms with Crippen LogP contribution in [-0.4, -0.2) is 28.1 Å². The van der Waals surface area contributed by atoms with E-state index >= 15 is 0 Å². The number of rotatable bonds is 3. The van der Waals surface area contributed by atoms with Gasteiger partial charge in [0.2, 0.25) is 5.88 Å². The Kier molecular flexibility index (Phi) is 3.28. The maximum absolute atomic E-state index is 8.87. The molecule has 84 valence electrons. The standard InChI is InChI=1S/C9H14BrN3O2/c10-8-7(6(11)2-4-14)9-13(12-8)3-1-5-15-9/h6,14H,1-5,11H2. The second kappa shape index (κ2) is 4.51. The van der Waals surface area contributed by atoms with Crippen LogP contribution in [0.25, 0.3) is 0 Å². The van der Waals surface area contributed by atoms with Crippen molar-refractivity contribution in [1.82, 2.24) is 9.78 Å². The molecule has 1 aliphatic rings. The summed E-state index contributed by atoms with van der Waals surface area (Å²) in [5.41, 5.74) is 6.82. The second-order valence-corrected chi connectivity index (χ2v) is 4.30. The lowest BCUT2D eigenvalue weighted by molar-refractivity contribution is 0.224. The number of hydrogen-bond acceptors (Lipinski definition) is 4. The Bertz CT molecular complexity index is 353. The van der Waals surface area contributed by atoms with Crippen LogP contribution in [0.5, 0.6) is 5.88 Å². The van der Waals surface area contributed by atoms with Gasteiger partial charge in [0.15, 0.2) is 0 Å². The number of ether oxygens (including phenoxy) is 1. The van der Waals surface area contributed by atoms with Crippen LogP contribution < -0.4 is 10.5 Å². The fourth-order valence-electron chi connectivity index (χ4n) is 1.71. The Labute approximate surface area is 96.3 Å². The topological polar surface area (TPSA) is 73.3 Å². The van der Waals surface area contributed by atoms with Crippen molar-refractivity contribution in [1.29, 1.82) is 0 Å². The molecular formula is C9H14BrN3O2. The van der Waals surface area contributed by atoms with E-state index in [1.807, 2.05) is 4.68 Å². The highest BCUT2D eigenvalue weighted by Crippen LogP contribution is 2.34. The van der Waals surface area contributed by atoms with Gasteiger partial charge in [0, 0.05) is 25.6 Å². The molecule has 5 nitrogen and oxygen atoms in total. The molecule has 1 unspecified atom stereocenters. The first kappa shape index (κ1) is 10.9. The highest BCUT2D eigenvalue weighted by Gasteiger charge is 2.24. The molecule has 0 amide bonds. The van der Waals surface area contributed by atoms with Crippen LogP contribution in [0.3, 0.4) is 0 Å². The molecule has 6 heteroatoms. The van der Waals surface area contributed by atoms with Crippen LogP contribution in [0.2, 0.25) is 0 Å². The quantitative estimate of drug-likeness (QED) is 0.856. The van der Waals surface area contributed by atoms with Crippen LogP contribution >= 0.6 is 15.9 Å². The van der Waals surface area contributed by atoms with E-state index in [0.29, 0.717) is 13.0 Å². The molecule has 3 N–H and O–H groups in total. The molecule has 1 aromatic heterocycles. The van der Waals surface area contributed by atoms with E-state index < -0.39 is 0 Å². The average Bonchev–Trinajstić information content (AvgIpc) is 2.54. The van der Waals surface area contributed by atoms with Crippen LogP contribution in [0.1, 0.15) is 24.4 Å². The number of halogens is 1. The highest BCUT2D eigenvalue weighted by atomic mass is 79.9. The molecule has 1 aromatic rings. The summed E-state index contributed by atoms with van der Waals surface area (Å²) in [6.07, 6.45) is 1.48. The van der Waals surface area contributed by atoms with Crippen molar-refractivity contribution >= 4 is 15.9 Å². The summed E-state index contributed by atoms with van der Waals surface area (Å²) in [6, 6.07) is -0.230. The first-order valence-electron chi connectivity index (χ1n) is 4.99. The summed E-state index contributed by atoms with van der Waals surface area (Å²) in [5, 5.41) is 13.2. The van der Waals surface area contributed by atoms with Crippen LogP contribution in [-0.2, 0) is 6.54 Å². The molecule has 0 aromatic carbocycles. The number of fused-ring (bicyclic) bond motifs is 1. The Morgan fingerprint density at radius 3 is 3.20 bits per heavy atom. The monoisotopic (exact) mass is 275 g/mol. The number of nitrogens with zero attached hydrogens (tertiary/aromatic N) is 2. The molecule has 15 heavy (non-hydrogen) atoms. The number of nitrogens with two attached hydrogens (primary N) is 1. The Balaban J connectivity index is 2.32. The number of aliphatic hydroxyl groups is 1. The fourth-order valence-corrected chi connectivity index (χ4v) is 2.37. The van der Waals surface area contributed by atoms with Gasteiger partial charge in [-0.05, 0) is 22.4 Å². The van der Waals surface area contributed by atoms with Gasteiger partial charge in [0.05, 0.1) is 12.2 Å². The third-order valence-electron chi connectivity index (χ3n) is 2.46. The Hall–Kier alpha value is -0.590. The predicted molar refractivity (Wildman–Crippen MR) is 58.7 cm³/mol. The molecule has 0 bridgehead atoms. The smallest absolute Gasteiger partial charge is 0.217 e. The highest BCUT2D eigenvalue weighted by molar-refractivity contribution is 9.10. The molecule has 2 heterocycles. The van der Waals surface area contributed by atoms with Crippen molar-refractivity contribution in [3.63, 3.8) is 0 Å². The van der Waals surface area contributed by atoms with Crippen molar-refractivity contribution in [2.45, 2.75) is 25.4 Å². The zero-order chi connectivity index (χ0) is 10.8. The number of aliphatic hydroxyl groups excluding tert-OH is 1. The average molecular weight is 276 g/mol. The van der Waals surface area contributed by atoms with E-state index in [-0.39, 0.29) is 12.6 Å². The summed E-state index contributed by atoms with van der Waals surface area (Å²) in [5.74, 6) is 0.745. The predicted octanol–water partition coefficient (Wildman–Crippen LogP) is 0.810. The van der Waals surface area contributed by atoms with Crippen LogP contribution in [0.15, 0.2) is 4.60 Å². The fraction of sp³-hybridized carbons (Fsp3) is 0.667. The largest absolute Gasteiger partial charge is 0.477 e. The molecule has 0 radical (unpaired) electrons. The molecule has 0 fully saturated rings. The van der Waals surface area contributed by atoms with Gasteiger partial charge in [-0.2, -0.15) is 5.10 Å². The lowest BCUT2D eigenvalue weighted by atomic mass is 10.1. The van der Waals surface area contributed by atoms with Gasteiger partial charge in [-0.1, -0.05) is 0 Å². The summed E-state index contributed by atoms with van der Waals surface area (Å²) >= 11 is 3.37. The molecule has 1 aliphatic heterocycles. The van der Waals surface area contributed by atoms with E-state index in [4.69, 9.17) is 15.6 Å². The second-order valence-electron chi connectivity index (χ2n) is 3.55. The SMILES string of the molecule is NC(CCO)c1c(Br)nn2c1OCCC2. The minimum absolute atomic E-state index is 0.0677. The minimum atomic E-state index is -0.230. The van der Waals surface area contributed by atoms with Gasteiger partial charge >= 0.3 is 0 Å². The third kappa shape index (κ3) is 2.02. The molecule has 0 spiro atoms. The first-order valence-corrected chi connectivity index (χ1v) is 5.78. The first-order chi connectivity index (χ1) is 7.24. The van der Waals surface area contributed by atoms with Crippen molar-refractivity contribution in [2.75, 3.05) is 13.2 Å². The van der Waals surface area contributed by atoms with Gasteiger partial charge in [-0.15, -0.1) is 0 Å². The minimum Gasteiger partial charge on any atom is -0.477 e. The summed E-state index contributed by atoms with van der Waals surface area (Å²) in [6.45, 7) is 1.63. The summed E-state index contributed by atoms with van der Waals surface area (Å²) in [7, 11) is 0. The molecule has 0 saturated heterocycles. The van der Waals surface area contributed by atoms with Gasteiger partial charge in [0.25, 0.3) is 0 Å². The third-order valence-corrected chi connectivity index (χ3v) is 3.05. The molecule has 0 saturated carbocycles. The van der Waals surface area contributed by atoms with E-state index in [1.165, 1.54) is 0 Å². The van der Waals surface area contributed by atoms with Crippen LogP contribution in [0.4, 0.5) is 0 Å². The van der Waals surface area contributed by atoms with E-state index in [0.717, 1.165) is 29.0 Å². The van der Waals surface area contributed by atoms with Crippen molar-refractivity contribution < 1.29 is 9.84 Å². The van der Waals surface area contributed by atoms with Crippen molar-refractivity contribution in [3.8, 4) is 5.88 Å². The number of aromatic nitrogens is 2. The van der Waals surface area contributed by atoms with Gasteiger partial charge in [0.1, 0.15) is 4.60 Å². The zero-order valence-electron chi connectivity index (χ0n) is 8.32. The maximum Gasteiger partial charge on any atom is 0.217 e. The van der Waals surface area contributed by atoms with E-state index in [2.05, 4.69) is 21.0 Å². The van der Waals surface area contributed by atoms with Gasteiger partial charge in [-0.3, -0.25) is 0 Å². The number of hydrogen-bond donors (Lipinski definition) is 2. The molecule has 0 aliphatic carbocycles. The zero-order valence-corrected chi connectivity index (χ0v) is 9.90. The summed E-state index contributed by atoms with van der Waals surface area (Å²) < 4.78 is 8.09. The maximum atomic E-state index is 8.87. The normalized spacial score (nSPS) is 17.0. The van der Waals surface area contributed by atoms with Gasteiger partial charge in [-0.25, -0.2) is 4.68 Å². The molecule has 2 rings (SSSR count). The lowest BCUT2D eigenvalue weighted by Gasteiger charge is -2.18. The molecule has 1 atom stereocenters. The lowest BCUT2D eigenvalue weighted by Crippen LogP contribution is -2.18. The van der Waals surface area contributed by atoms with Gasteiger partial charge < -0.3 is 15.6 Å². The number of aryl methyl sites for hydroxylation is 1. The van der Waals surface area contributed by atoms with Crippen molar-refractivity contribution in [2.24, 2.45) is 5.73 Å². The summed E-state index contributed by atoms with van der Waals surface area (Å²) in [4.78, 5) is 0. The Morgan fingerprint density at radius 1 is 1.67 bits per heavy atom. The molecular weight excluding hydrogens is 262 g/mol. The van der Waals surface area contributed by atoms with E-state index in [1.54, 1.807) is 0 Å².